The van der Waals surface area contributed by atoms with Gasteiger partial charge < -0.3 is 15.3 Å². The lowest BCUT2D eigenvalue weighted by atomic mass is 10.2. The van der Waals surface area contributed by atoms with E-state index >= 15 is 0 Å². The van der Waals surface area contributed by atoms with Gasteiger partial charge in [-0.1, -0.05) is 12.2 Å². The van der Waals surface area contributed by atoms with Gasteiger partial charge in [-0.05, 0) is 12.1 Å². The first-order valence-electron chi connectivity index (χ1n) is 5.89. The minimum Gasteiger partial charge on any atom is -0.508 e. The van der Waals surface area contributed by atoms with Gasteiger partial charge in [-0.15, -0.1) is 0 Å². The third kappa shape index (κ3) is 2.17. The number of phenols is 3. The minimum absolute atomic E-state index is 0.129. The van der Waals surface area contributed by atoms with Crippen LogP contribution in [0.5, 0.6) is 17.2 Å². The molecule has 7 heteroatoms. The van der Waals surface area contributed by atoms with Crippen molar-refractivity contribution in [2.24, 2.45) is 0 Å². The van der Waals surface area contributed by atoms with Crippen LogP contribution in [0, 0.1) is 10.5 Å². The van der Waals surface area contributed by atoms with Crippen LogP contribution >= 0.6 is 12.2 Å². The molecule has 0 aliphatic rings. The van der Waals surface area contributed by atoms with Gasteiger partial charge >= 0.3 is 0 Å². The van der Waals surface area contributed by atoms with Crippen molar-refractivity contribution in [2.75, 3.05) is 0 Å². The quantitative estimate of drug-likeness (QED) is 0.602. The molecule has 0 atom stereocenters. The van der Waals surface area contributed by atoms with Crippen molar-refractivity contribution in [3.8, 4) is 22.9 Å². The van der Waals surface area contributed by atoms with Gasteiger partial charge in [-0.2, -0.15) is 0 Å². The fourth-order valence-corrected chi connectivity index (χ4v) is 2.40. The molecule has 0 amide bonds. The highest BCUT2D eigenvalue weighted by Gasteiger charge is 2.10. The zero-order valence-corrected chi connectivity index (χ0v) is 11.3. The predicted molar refractivity (Wildman–Crippen MR) is 76.9 cm³/mol. The second kappa shape index (κ2) is 4.71. The fourth-order valence-electron chi connectivity index (χ4n) is 2.04. The Labute approximate surface area is 123 Å². The Balaban J connectivity index is 2.32. The zero-order chi connectivity index (χ0) is 15.1. The number of nitrogens with zero attached hydrogens (tertiary/aromatic N) is 2. The van der Waals surface area contributed by atoms with Crippen molar-refractivity contribution in [2.45, 2.75) is 0 Å². The highest BCUT2D eigenvalue weighted by atomic mass is 32.1. The van der Waals surface area contributed by atoms with Gasteiger partial charge in [0.1, 0.15) is 22.5 Å². The highest BCUT2D eigenvalue weighted by molar-refractivity contribution is 7.71. The molecule has 1 heterocycles. The van der Waals surface area contributed by atoms with Crippen molar-refractivity contribution in [3.05, 3.63) is 47.1 Å². The lowest BCUT2D eigenvalue weighted by molar-refractivity contribution is 0.432. The van der Waals surface area contributed by atoms with E-state index < -0.39 is 11.6 Å². The van der Waals surface area contributed by atoms with E-state index in [9.17, 15) is 19.7 Å². The van der Waals surface area contributed by atoms with E-state index in [1.54, 1.807) is 0 Å². The highest BCUT2D eigenvalue weighted by Crippen LogP contribution is 2.30. The summed E-state index contributed by atoms with van der Waals surface area (Å²) in [4.78, 5) is 4.08. The van der Waals surface area contributed by atoms with Crippen molar-refractivity contribution in [1.29, 1.82) is 0 Å². The van der Waals surface area contributed by atoms with Gasteiger partial charge in [0.15, 0.2) is 11.6 Å². The summed E-state index contributed by atoms with van der Waals surface area (Å²) in [6, 6.07) is 6.30. The van der Waals surface area contributed by atoms with Crippen LogP contribution < -0.4 is 0 Å². The molecule has 1 aromatic heterocycles. The molecule has 106 valence electrons. The first-order valence-corrected chi connectivity index (χ1v) is 6.30. The van der Waals surface area contributed by atoms with Gasteiger partial charge in [0.05, 0.1) is 16.6 Å². The maximum atomic E-state index is 13.4. The Kier molecular flexibility index (Phi) is 2.99. The number of hydrogen-bond donors (Lipinski definition) is 3. The second-order valence-electron chi connectivity index (χ2n) is 4.41. The monoisotopic (exact) mass is 304 g/mol. The van der Waals surface area contributed by atoms with Crippen molar-refractivity contribution in [3.63, 3.8) is 0 Å². The summed E-state index contributed by atoms with van der Waals surface area (Å²) >= 11 is 5.28. The van der Waals surface area contributed by atoms with Crippen LogP contribution in [-0.2, 0) is 0 Å². The third-order valence-electron chi connectivity index (χ3n) is 3.04. The van der Waals surface area contributed by atoms with Crippen LogP contribution in [-0.4, -0.2) is 24.9 Å². The molecule has 5 nitrogen and oxygen atoms in total. The summed E-state index contributed by atoms with van der Waals surface area (Å²) in [6.07, 6.45) is 1.36. The molecule has 3 rings (SSSR count). The number of aromatic hydroxyl groups is 3. The van der Waals surface area contributed by atoms with Gasteiger partial charge in [-0.25, -0.2) is 9.37 Å². The third-order valence-corrected chi connectivity index (χ3v) is 3.44. The van der Waals surface area contributed by atoms with Crippen molar-refractivity contribution in [1.82, 2.24) is 9.55 Å². The van der Waals surface area contributed by atoms with Crippen LogP contribution in [0.3, 0.4) is 0 Å². The van der Waals surface area contributed by atoms with Gasteiger partial charge in [-0.3, -0.25) is 4.57 Å². The Morgan fingerprint density at radius 1 is 1.05 bits per heavy atom. The number of aromatic nitrogens is 2. The summed E-state index contributed by atoms with van der Waals surface area (Å²) in [7, 11) is 0. The Hall–Kier alpha value is -2.67. The maximum absolute atomic E-state index is 13.4. The van der Waals surface area contributed by atoms with E-state index in [1.807, 2.05) is 0 Å². The minimum atomic E-state index is -0.788. The van der Waals surface area contributed by atoms with E-state index in [-0.39, 0.29) is 21.5 Å². The molecule has 0 saturated heterocycles. The first kappa shape index (κ1) is 13.3. The number of halogens is 1. The second-order valence-corrected chi connectivity index (χ2v) is 4.80. The molecule has 21 heavy (non-hydrogen) atoms. The van der Waals surface area contributed by atoms with Crippen LogP contribution in [0.1, 0.15) is 0 Å². The largest absolute Gasteiger partial charge is 0.508 e. The van der Waals surface area contributed by atoms with E-state index in [4.69, 9.17) is 12.2 Å². The average molecular weight is 304 g/mol. The van der Waals surface area contributed by atoms with E-state index in [0.29, 0.717) is 11.2 Å². The van der Waals surface area contributed by atoms with Crippen LogP contribution in [0.2, 0.25) is 0 Å². The van der Waals surface area contributed by atoms with Gasteiger partial charge in [0.2, 0.25) is 0 Å². The Bertz CT molecular complexity index is 924. The summed E-state index contributed by atoms with van der Waals surface area (Å²) in [5.74, 6) is -1.59. The number of phenolic OH excluding ortho intramolecular Hbond substituents is 3. The number of benzene rings is 2. The number of rotatable bonds is 1. The summed E-state index contributed by atoms with van der Waals surface area (Å²) < 4.78 is 15.1. The van der Waals surface area contributed by atoms with E-state index in [0.717, 1.165) is 12.1 Å². The molecular formula is C14H9FN2O3S. The van der Waals surface area contributed by atoms with Crippen LogP contribution in [0.4, 0.5) is 4.39 Å². The SMILES string of the molecule is Oc1cc(O)c2c(=S)n(-c3ccc(O)c(F)c3)cnc2c1. The van der Waals surface area contributed by atoms with E-state index in [2.05, 4.69) is 4.98 Å². The number of fused-ring (bicyclic) bond motifs is 1. The standard InChI is InChI=1S/C14H9FN2O3S/c15-9-3-7(1-2-11(9)19)17-6-16-10-4-8(18)5-12(20)13(10)14(17)21/h1-6,18-20H. The molecular weight excluding hydrogens is 295 g/mol. The number of hydrogen-bond acceptors (Lipinski definition) is 5. The van der Waals surface area contributed by atoms with Gasteiger partial charge in [0, 0.05) is 18.2 Å². The molecule has 0 fully saturated rings. The van der Waals surface area contributed by atoms with Crippen molar-refractivity contribution >= 4 is 23.1 Å². The summed E-state index contributed by atoms with van der Waals surface area (Å²) in [6.45, 7) is 0. The topological polar surface area (TPSA) is 78.5 Å². The molecule has 0 saturated carbocycles. The summed E-state index contributed by atoms with van der Waals surface area (Å²) in [5, 5.41) is 28.8. The molecule has 0 radical (unpaired) electrons. The first-order chi connectivity index (χ1) is 9.97. The molecule has 0 bridgehead atoms. The average Bonchev–Trinajstić information content (AvgIpc) is 2.41. The Morgan fingerprint density at radius 3 is 2.52 bits per heavy atom. The zero-order valence-electron chi connectivity index (χ0n) is 10.5. The molecule has 3 aromatic rings. The molecule has 0 aliphatic heterocycles. The molecule has 0 unspecified atom stereocenters. The molecule has 3 N–H and O–H groups in total. The molecule has 0 spiro atoms. The maximum Gasteiger partial charge on any atom is 0.166 e. The van der Waals surface area contributed by atoms with E-state index in [1.165, 1.54) is 29.1 Å². The Morgan fingerprint density at radius 2 is 1.81 bits per heavy atom. The smallest absolute Gasteiger partial charge is 0.166 e. The lowest BCUT2D eigenvalue weighted by Crippen LogP contribution is -2.00. The molecule has 2 aromatic carbocycles. The normalized spacial score (nSPS) is 10.9. The van der Waals surface area contributed by atoms with Crippen LogP contribution in [0.15, 0.2) is 36.7 Å². The molecule has 0 aliphatic carbocycles. The van der Waals surface area contributed by atoms with Gasteiger partial charge in [0.25, 0.3) is 0 Å². The predicted octanol–water partition coefficient (Wildman–Crippen LogP) is 3.01. The lowest BCUT2D eigenvalue weighted by Gasteiger charge is -2.10. The van der Waals surface area contributed by atoms with Crippen molar-refractivity contribution < 1.29 is 19.7 Å². The fraction of sp³-hybridized carbons (Fsp3) is 0. The van der Waals surface area contributed by atoms with Crippen LogP contribution in [0.25, 0.3) is 16.6 Å². The summed E-state index contributed by atoms with van der Waals surface area (Å²) in [5.41, 5.74) is 0.685.